The standard InChI is InChI=1S/C23H27ClN2O4/c1-4-29-19-7-5-18(6-8-19)23(28)26-11-9-25(10-12-26)21(27)15-30-20-13-16(2)22(24)17(3)14-20/h5-8,13-14H,4,9-12,15H2,1-3H3. The van der Waals surface area contributed by atoms with Gasteiger partial charge in [-0.15, -0.1) is 0 Å². The zero-order chi connectivity index (χ0) is 21.7. The second-order valence-electron chi connectivity index (χ2n) is 7.29. The highest BCUT2D eigenvalue weighted by Crippen LogP contribution is 2.26. The summed E-state index contributed by atoms with van der Waals surface area (Å²) in [6.07, 6.45) is 0. The van der Waals surface area contributed by atoms with E-state index in [0.29, 0.717) is 49.1 Å². The molecule has 1 fully saturated rings. The number of piperazine rings is 1. The summed E-state index contributed by atoms with van der Waals surface area (Å²) in [5.74, 6) is 1.25. The lowest BCUT2D eigenvalue weighted by molar-refractivity contribution is -0.134. The highest BCUT2D eigenvalue weighted by Gasteiger charge is 2.25. The average molecular weight is 431 g/mol. The van der Waals surface area contributed by atoms with Crippen LogP contribution < -0.4 is 9.47 Å². The summed E-state index contributed by atoms with van der Waals surface area (Å²) in [6, 6.07) is 10.8. The molecule has 0 N–H and O–H groups in total. The molecular weight excluding hydrogens is 404 g/mol. The molecule has 6 nitrogen and oxygen atoms in total. The van der Waals surface area contributed by atoms with E-state index >= 15 is 0 Å². The molecule has 2 amide bonds. The molecule has 3 rings (SSSR count). The van der Waals surface area contributed by atoms with Crippen LogP contribution in [0.5, 0.6) is 11.5 Å². The molecule has 2 aromatic carbocycles. The topological polar surface area (TPSA) is 59.1 Å². The van der Waals surface area contributed by atoms with Crippen molar-refractivity contribution < 1.29 is 19.1 Å². The maximum absolute atomic E-state index is 12.7. The minimum atomic E-state index is -0.0894. The van der Waals surface area contributed by atoms with Crippen LogP contribution in [0.15, 0.2) is 36.4 Å². The molecule has 0 radical (unpaired) electrons. The molecule has 0 spiro atoms. The van der Waals surface area contributed by atoms with E-state index in [-0.39, 0.29) is 18.4 Å². The van der Waals surface area contributed by atoms with Crippen molar-refractivity contribution in [2.75, 3.05) is 39.4 Å². The van der Waals surface area contributed by atoms with Gasteiger partial charge < -0.3 is 19.3 Å². The van der Waals surface area contributed by atoms with E-state index in [0.717, 1.165) is 16.9 Å². The summed E-state index contributed by atoms with van der Waals surface area (Å²) >= 11 is 6.17. The highest BCUT2D eigenvalue weighted by atomic mass is 35.5. The van der Waals surface area contributed by atoms with Crippen molar-refractivity contribution in [2.45, 2.75) is 20.8 Å². The molecule has 1 aliphatic heterocycles. The monoisotopic (exact) mass is 430 g/mol. The fraction of sp³-hybridized carbons (Fsp3) is 0.391. The lowest BCUT2D eigenvalue weighted by atomic mass is 10.1. The SMILES string of the molecule is CCOc1ccc(C(=O)N2CCN(C(=O)COc3cc(C)c(Cl)c(C)c3)CC2)cc1. The number of rotatable bonds is 6. The Bertz CT molecular complexity index is 883. The van der Waals surface area contributed by atoms with Crippen molar-refractivity contribution in [1.29, 1.82) is 0 Å². The first-order valence-electron chi connectivity index (χ1n) is 10.1. The van der Waals surface area contributed by atoms with Crippen molar-refractivity contribution in [3.63, 3.8) is 0 Å². The largest absolute Gasteiger partial charge is 0.494 e. The van der Waals surface area contributed by atoms with Gasteiger partial charge >= 0.3 is 0 Å². The van der Waals surface area contributed by atoms with E-state index < -0.39 is 0 Å². The molecule has 160 valence electrons. The first kappa shape index (κ1) is 22.0. The van der Waals surface area contributed by atoms with Gasteiger partial charge in [-0.05, 0) is 68.3 Å². The van der Waals surface area contributed by atoms with Crippen LogP contribution in [0.3, 0.4) is 0 Å². The van der Waals surface area contributed by atoms with Crippen molar-refractivity contribution in [3.8, 4) is 11.5 Å². The van der Waals surface area contributed by atoms with Crippen molar-refractivity contribution in [3.05, 3.63) is 58.1 Å². The van der Waals surface area contributed by atoms with Gasteiger partial charge in [0.25, 0.3) is 11.8 Å². The fourth-order valence-corrected chi connectivity index (χ4v) is 3.54. The van der Waals surface area contributed by atoms with Crippen LogP contribution in [0.2, 0.25) is 5.02 Å². The molecule has 30 heavy (non-hydrogen) atoms. The van der Waals surface area contributed by atoms with Crippen molar-refractivity contribution >= 4 is 23.4 Å². The van der Waals surface area contributed by atoms with Crippen LogP contribution in [0.1, 0.15) is 28.4 Å². The Hall–Kier alpha value is -2.73. The van der Waals surface area contributed by atoms with Gasteiger partial charge in [0.1, 0.15) is 11.5 Å². The number of ether oxygens (including phenoxy) is 2. The third kappa shape index (κ3) is 5.25. The Kier molecular flexibility index (Phi) is 7.21. The Balaban J connectivity index is 1.49. The van der Waals surface area contributed by atoms with Crippen molar-refractivity contribution in [1.82, 2.24) is 9.80 Å². The number of hydrogen-bond acceptors (Lipinski definition) is 4. The molecule has 1 heterocycles. The molecule has 0 aliphatic carbocycles. The maximum atomic E-state index is 12.7. The summed E-state index contributed by atoms with van der Waals surface area (Å²) in [5.41, 5.74) is 2.45. The second-order valence-corrected chi connectivity index (χ2v) is 7.67. The third-order valence-electron chi connectivity index (χ3n) is 5.10. The van der Waals surface area contributed by atoms with Gasteiger partial charge in [0.2, 0.25) is 0 Å². The predicted octanol–water partition coefficient (Wildman–Crippen LogP) is 3.72. The van der Waals surface area contributed by atoms with E-state index in [4.69, 9.17) is 21.1 Å². The number of hydrogen-bond donors (Lipinski definition) is 0. The Labute approximate surface area is 182 Å². The summed E-state index contributed by atoms with van der Waals surface area (Å²) in [6.45, 7) is 8.26. The Morgan fingerprint density at radius 3 is 2.03 bits per heavy atom. The summed E-state index contributed by atoms with van der Waals surface area (Å²) < 4.78 is 11.1. The first-order chi connectivity index (χ1) is 14.4. The van der Waals surface area contributed by atoms with E-state index in [1.807, 2.05) is 32.9 Å². The maximum Gasteiger partial charge on any atom is 0.260 e. The predicted molar refractivity (Wildman–Crippen MR) is 117 cm³/mol. The van der Waals surface area contributed by atoms with Gasteiger partial charge in [-0.3, -0.25) is 9.59 Å². The van der Waals surface area contributed by atoms with Gasteiger partial charge in [-0.25, -0.2) is 0 Å². The van der Waals surface area contributed by atoms with E-state index in [1.165, 1.54) is 0 Å². The molecule has 0 unspecified atom stereocenters. The van der Waals surface area contributed by atoms with Crippen LogP contribution in [0, 0.1) is 13.8 Å². The minimum Gasteiger partial charge on any atom is -0.494 e. The molecule has 0 saturated carbocycles. The highest BCUT2D eigenvalue weighted by molar-refractivity contribution is 6.32. The molecule has 2 aromatic rings. The van der Waals surface area contributed by atoms with Crippen molar-refractivity contribution in [2.24, 2.45) is 0 Å². The molecule has 1 saturated heterocycles. The van der Waals surface area contributed by atoms with Crippen LogP contribution in [-0.2, 0) is 4.79 Å². The first-order valence-corrected chi connectivity index (χ1v) is 10.5. The molecule has 1 aliphatic rings. The number of carbonyl (C=O) groups is 2. The zero-order valence-electron chi connectivity index (χ0n) is 17.6. The molecule has 0 bridgehead atoms. The summed E-state index contributed by atoms with van der Waals surface area (Å²) in [5, 5.41) is 0.710. The minimum absolute atomic E-state index is 0.0338. The third-order valence-corrected chi connectivity index (χ3v) is 5.70. The molecular formula is C23H27ClN2O4. The molecule has 0 atom stereocenters. The van der Waals surface area contributed by atoms with Gasteiger partial charge in [-0.1, -0.05) is 11.6 Å². The Morgan fingerprint density at radius 1 is 0.900 bits per heavy atom. The summed E-state index contributed by atoms with van der Waals surface area (Å²) in [7, 11) is 0. The quantitative estimate of drug-likeness (QED) is 0.700. The zero-order valence-corrected chi connectivity index (χ0v) is 18.4. The fourth-order valence-electron chi connectivity index (χ4n) is 3.43. The smallest absolute Gasteiger partial charge is 0.260 e. The Morgan fingerprint density at radius 2 is 1.47 bits per heavy atom. The number of amides is 2. The number of nitrogens with zero attached hydrogens (tertiary/aromatic N) is 2. The van der Waals surface area contributed by atoms with E-state index in [2.05, 4.69) is 0 Å². The van der Waals surface area contributed by atoms with Crippen LogP contribution in [-0.4, -0.2) is 61.0 Å². The molecule has 7 heteroatoms. The van der Waals surface area contributed by atoms with E-state index in [9.17, 15) is 9.59 Å². The number of carbonyl (C=O) groups excluding carboxylic acids is 2. The van der Waals surface area contributed by atoms with Gasteiger partial charge in [0.05, 0.1) is 6.61 Å². The lowest BCUT2D eigenvalue weighted by Gasteiger charge is -2.34. The lowest BCUT2D eigenvalue weighted by Crippen LogP contribution is -2.51. The van der Waals surface area contributed by atoms with Gasteiger partial charge in [0, 0.05) is 36.8 Å². The van der Waals surface area contributed by atoms with Gasteiger partial charge in [0.15, 0.2) is 6.61 Å². The normalized spacial score (nSPS) is 13.9. The number of aryl methyl sites for hydroxylation is 2. The summed E-state index contributed by atoms with van der Waals surface area (Å²) in [4.78, 5) is 28.7. The van der Waals surface area contributed by atoms with Crippen LogP contribution >= 0.6 is 11.6 Å². The average Bonchev–Trinajstić information content (AvgIpc) is 2.76. The second kappa shape index (κ2) is 9.85. The van der Waals surface area contributed by atoms with Crippen LogP contribution in [0.4, 0.5) is 0 Å². The van der Waals surface area contributed by atoms with Crippen LogP contribution in [0.25, 0.3) is 0 Å². The van der Waals surface area contributed by atoms with Gasteiger partial charge in [-0.2, -0.15) is 0 Å². The molecule has 0 aromatic heterocycles. The number of halogens is 1. The number of benzene rings is 2. The van der Waals surface area contributed by atoms with E-state index in [1.54, 1.807) is 34.1 Å².